The van der Waals surface area contributed by atoms with Crippen LogP contribution in [0.25, 0.3) is 0 Å². The summed E-state index contributed by atoms with van der Waals surface area (Å²) in [6.45, 7) is 2.97. The minimum atomic E-state index is -1.11. The van der Waals surface area contributed by atoms with Crippen LogP contribution in [-0.4, -0.2) is 52.6 Å². The number of carbonyl (C=O) groups excluding carboxylic acids is 1. The molecule has 0 aromatic carbocycles. The Morgan fingerprint density at radius 2 is 2.09 bits per heavy atom. The molecule has 0 aliphatic carbocycles. The Morgan fingerprint density at radius 1 is 1.30 bits per heavy atom. The third-order valence-corrected chi connectivity index (χ3v) is 4.74. The number of nitrogens with zero attached hydrogens (tertiary/aromatic N) is 4. The molecular weight excluding hydrogens is 304 g/mol. The van der Waals surface area contributed by atoms with E-state index in [4.69, 9.17) is 5.73 Å². The lowest BCUT2D eigenvalue weighted by molar-refractivity contribution is -0.142. The van der Waals surface area contributed by atoms with Gasteiger partial charge in [-0.3, -0.25) is 4.79 Å². The van der Waals surface area contributed by atoms with Crippen LogP contribution in [0.5, 0.6) is 0 Å². The fraction of sp³-hybridized carbons (Fsp3) is 0.667. The smallest absolute Gasteiger partial charge is 0.225 e. The fourth-order valence-corrected chi connectivity index (χ4v) is 3.40. The Bertz CT molecular complexity index is 599. The van der Waals surface area contributed by atoms with E-state index in [1.807, 2.05) is 6.92 Å². The quantitative estimate of drug-likeness (QED) is 0.889. The van der Waals surface area contributed by atoms with Gasteiger partial charge in [0, 0.05) is 25.6 Å². The number of hydrogen-bond donors (Lipinski definition) is 1. The topological polar surface area (TPSA) is 75.3 Å². The Hall–Kier alpha value is -1.99. The molecular formula is C15H21F2N5O. The van der Waals surface area contributed by atoms with Crippen molar-refractivity contribution >= 4 is 17.5 Å². The molecule has 1 amide bonds. The van der Waals surface area contributed by atoms with Crippen LogP contribution in [0.2, 0.25) is 0 Å². The van der Waals surface area contributed by atoms with E-state index in [1.165, 1.54) is 6.33 Å². The highest BCUT2D eigenvalue weighted by atomic mass is 19.1. The van der Waals surface area contributed by atoms with Gasteiger partial charge in [-0.15, -0.1) is 0 Å². The van der Waals surface area contributed by atoms with Gasteiger partial charge < -0.3 is 15.5 Å². The molecule has 8 heteroatoms. The minimum Gasteiger partial charge on any atom is -0.381 e. The number of anilines is 2. The van der Waals surface area contributed by atoms with E-state index >= 15 is 0 Å². The summed E-state index contributed by atoms with van der Waals surface area (Å²) in [4.78, 5) is 23.2. The maximum absolute atomic E-state index is 14.4. The van der Waals surface area contributed by atoms with E-state index in [9.17, 15) is 13.6 Å². The molecule has 2 aliphatic rings. The Balaban J connectivity index is 1.82. The molecule has 0 radical (unpaired) electrons. The van der Waals surface area contributed by atoms with Crippen LogP contribution in [0.1, 0.15) is 26.2 Å². The van der Waals surface area contributed by atoms with Gasteiger partial charge in [0.25, 0.3) is 0 Å². The number of rotatable bonds is 2. The molecule has 1 aromatic rings. The van der Waals surface area contributed by atoms with E-state index in [0.717, 1.165) is 12.8 Å². The second kappa shape index (κ2) is 6.25. The average Bonchev–Trinajstić information content (AvgIpc) is 2.54. The number of likely N-dealkylation sites (tertiary alicyclic amines) is 1. The van der Waals surface area contributed by atoms with Crippen molar-refractivity contribution in [2.24, 2.45) is 5.92 Å². The summed E-state index contributed by atoms with van der Waals surface area (Å²) in [5.41, 5.74) is 5.48. The van der Waals surface area contributed by atoms with Crippen LogP contribution >= 0.6 is 0 Å². The molecule has 2 fully saturated rings. The lowest BCUT2D eigenvalue weighted by Crippen LogP contribution is -2.58. The third-order valence-electron chi connectivity index (χ3n) is 4.74. The van der Waals surface area contributed by atoms with Crippen LogP contribution in [0.3, 0.4) is 0 Å². The average molecular weight is 325 g/mol. The molecule has 0 spiro atoms. The summed E-state index contributed by atoms with van der Waals surface area (Å²) in [7, 11) is 0. The van der Waals surface area contributed by atoms with Crippen molar-refractivity contribution in [3.05, 3.63) is 12.1 Å². The van der Waals surface area contributed by atoms with Crippen LogP contribution in [0, 0.1) is 11.7 Å². The summed E-state index contributed by atoms with van der Waals surface area (Å²) in [6, 6.07) is -0.574. The molecule has 6 nitrogen and oxygen atoms in total. The first-order valence-corrected chi connectivity index (χ1v) is 7.94. The van der Waals surface area contributed by atoms with Crippen molar-refractivity contribution in [2.75, 3.05) is 30.3 Å². The first-order valence-electron chi connectivity index (χ1n) is 7.94. The summed E-state index contributed by atoms with van der Waals surface area (Å²) >= 11 is 0. The van der Waals surface area contributed by atoms with Crippen molar-refractivity contribution in [1.82, 2.24) is 14.9 Å². The molecule has 2 aliphatic heterocycles. The zero-order valence-corrected chi connectivity index (χ0v) is 13.1. The number of piperidine rings is 2. The van der Waals surface area contributed by atoms with Gasteiger partial charge in [0.1, 0.15) is 12.5 Å². The molecule has 0 unspecified atom stereocenters. The van der Waals surface area contributed by atoms with Crippen molar-refractivity contribution < 1.29 is 13.6 Å². The largest absolute Gasteiger partial charge is 0.381 e. The van der Waals surface area contributed by atoms with Gasteiger partial charge in [-0.1, -0.05) is 6.92 Å². The number of alkyl halides is 1. The monoisotopic (exact) mass is 325 g/mol. The number of amides is 1. The maximum Gasteiger partial charge on any atom is 0.225 e. The van der Waals surface area contributed by atoms with Crippen molar-refractivity contribution in [2.45, 2.75) is 38.4 Å². The van der Waals surface area contributed by atoms with E-state index in [-0.39, 0.29) is 36.4 Å². The fourth-order valence-electron chi connectivity index (χ4n) is 3.40. The van der Waals surface area contributed by atoms with Gasteiger partial charge in [-0.2, -0.15) is 4.39 Å². The highest BCUT2D eigenvalue weighted by molar-refractivity contribution is 5.79. The molecule has 2 N–H and O–H groups in total. The van der Waals surface area contributed by atoms with Gasteiger partial charge in [0.15, 0.2) is 11.6 Å². The molecule has 3 atom stereocenters. The molecule has 3 heterocycles. The summed E-state index contributed by atoms with van der Waals surface area (Å²) in [5.74, 6) is -0.948. The van der Waals surface area contributed by atoms with Crippen molar-refractivity contribution in [3.8, 4) is 0 Å². The van der Waals surface area contributed by atoms with E-state index in [2.05, 4.69) is 9.97 Å². The van der Waals surface area contributed by atoms with Crippen molar-refractivity contribution in [1.29, 1.82) is 0 Å². The highest BCUT2D eigenvalue weighted by Gasteiger charge is 2.39. The standard InChI is InChI=1S/C15H21F2N5O/c1-9-3-2-5-22(15(9)23)11-7-21(6-4-10(11)16)14-12(17)13(18)19-8-20-14/h8-11H,2-7H2,1H3,(H2,18,19,20)/t9-,10-,11+/m1/s1. The summed E-state index contributed by atoms with van der Waals surface area (Å²) in [6.07, 6.45) is 2.01. The van der Waals surface area contributed by atoms with Crippen LogP contribution in [0.4, 0.5) is 20.4 Å². The molecule has 2 saturated heterocycles. The van der Waals surface area contributed by atoms with E-state index in [1.54, 1.807) is 9.80 Å². The molecule has 1 aromatic heterocycles. The molecule has 23 heavy (non-hydrogen) atoms. The lowest BCUT2D eigenvalue weighted by atomic mass is 9.94. The Morgan fingerprint density at radius 3 is 2.87 bits per heavy atom. The first-order chi connectivity index (χ1) is 11.0. The van der Waals surface area contributed by atoms with Crippen molar-refractivity contribution in [3.63, 3.8) is 0 Å². The van der Waals surface area contributed by atoms with Crippen LogP contribution in [0.15, 0.2) is 6.33 Å². The molecule has 3 rings (SSSR count). The lowest BCUT2D eigenvalue weighted by Gasteiger charge is -2.44. The van der Waals surface area contributed by atoms with Crippen LogP contribution in [-0.2, 0) is 4.79 Å². The normalized spacial score (nSPS) is 29.0. The number of aromatic nitrogens is 2. The Labute approximate surface area is 133 Å². The van der Waals surface area contributed by atoms with Gasteiger partial charge in [-0.05, 0) is 19.3 Å². The minimum absolute atomic E-state index is 0.0200. The van der Waals surface area contributed by atoms with E-state index < -0.39 is 18.0 Å². The van der Waals surface area contributed by atoms with E-state index in [0.29, 0.717) is 13.1 Å². The first kappa shape index (κ1) is 15.9. The van der Waals surface area contributed by atoms with Gasteiger partial charge >= 0.3 is 0 Å². The molecule has 126 valence electrons. The van der Waals surface area contributed by atoms with Gasteiger partial charge in [0.05, 0.1) is 6.04 Å². The summed E-state index contributed by atoms with van der Waals surface area (Å²) < 4.78 is 28.6. The predicted octanol–water partition coefficient (Wildman–Crippen LogP) is 1.37. The summed E-state index contributed by atoms with van der Waals surface area (Å²) in [5, 5.41) is 0. The van der Waals surface area contributed by atoms with Crippen LogP contribution < -0.4 is 10.6 Å². The third kappa shape index (κ3) is 2.94. The highest BCUT2D eigenvalue weighted by Crippen LogP contribution is 2.29. The molecule has 0 bridgehead atoms. The Kier molecular flexibility index (Phi) is 4.32. The zero-order chi connectivity index (χ0) is 16.6. The zero-order valence-electron chi connectivity index (χ0n) is 13.1. The number of halogens is 2. The maximum atomic E-state index is 14.4. The second-order valence-electron chi connectivity index (χ2n) is 6.29. The van der Waals surface area contributed by atoms with Gasteiger partial charge in [-0.25, -0.2) is 14.4 Å². The number of hydrogen-bond acceptors (Lipinski definition) is 5. The SMILES string of the molecule is C[C@@H]1CCCN([C@H]2CN(c3ncnc(N)c3F)CC[C@H]2F)C1=O. The van der Waals surface area contributed by atoms with Gasteiger partial charge in [0.2, 0.25) is 11.7 Å². The predicted molar refractivity (Wildman–Crippen MR) is 82.0 cm³/mol. The molecule has 0 saturated carbocycles. The second-order valence-corrected chi connectivity index (χ2v) is 6.29. The number of nitrogens with two attached hydrogens (primary N) is 1. The number of carbonyl (C=O) groups is 1. The number of nitrogen functional groups attached to an aromatic ring is 1.